The highest BCUT2D eigenvalue weighted by molar-refractivity contribution is 6.05. The van der Waals surface area contributed by atoms with E-state index in [9.17, 15) is 22.8 Å². The first kappa shape index (κ1) is 24.9. The molecule has 0 saturated heterocycles. The van der Waals surface area contributed by atoms with E-state index >= 15 is 0 Å². The van der Waals surface area contributed by atoms with Gasteiger partial charge in [0.2, 0.25) is 0 Å². The number of urea groups is 1. The van der Waals surface area contributed by atoms with E-state index in [2.05, 4.69) is 20.6 Å². The molecule has 10 heteroatoms. The van der Waals surface area contributed by atoms with Gasteiger partial charge < -0.3 is 10.6 Å². The maximum atomic E-state index is 14.7. The lowest BCUT2D eigenvalue weighted by molar-refractivity contribution is 0.102. The van der Waals surface area contributed by atoms with Crippen molar-refractivity contribution in [3.63, 3.8) is 0 Å². The molecular weight excluding hydrogens is 495 g/mol. The highest BCUT2D eigenvalue weighted by atomic mass is 19.1. The van der Waals surface area contributed by atoms with Gasteiger partial charge in [-0.1, -0.05) is 18.2 Å². The molecule has 3 amide bonds. The van der Waals surface area contributed by atoms with E-state index in [0.29, 0.717) is 28.1 Å². The van der Waals surface area contributed by atoms with Gasteiger partial charge in [-0.3, -0.25) is 4.79 Å². The summed E-state index contributed by atoms with van der Waals surface area (Å²) in [7, 11) is 0. The average molecular weight is 518 g/mol. The summed E-state index contributed by atoms with van der Waals surface area (Å²) in [6.07, 6.45) is 0. The summed E-state index contributed by atoms with van der Waals surface area (Å²) < 4.78 is 43.3. The zero-order valence-electron chi connectivity index (χ0n) is 20.7. The summed E-state index contributed by atoms with van der Waals surface area (Å²) in [5, 5.41) is 5.40. The van der Waals surface area contributed by atoms with Crippen LogP contribution in [0.1, 0.15) is 32.9 Å². The third kappa shape index (κ3) is 4.45. The molecule has 0 spiro atoms. The van der Waals surface area contributed by atoms with Crippen LogP contribution in [0.25, 0.3) is 11.3 Å². The van der Waals surface area contributed by atoms with E-state index < -0.39 is 35.1 Å². The quantitative estimate of drug-likeness (QED) is 0.343. The smallest absolute Gasteiger partial charge is 0.328 e. The van der Waals surface area contributed by atoms with Crippen LogP contribution in [0.4, 0.5) is 35.2 Å². The first-order valence-electron chi connectivity index (χ1n) is 11.7. The van der Waals surface area contributed by atoms with Gasteiger partial charge in [-0.15, -0.1) is 0 Å². The Labute approximate surface area is 216 Å². The molecule has 0 radical (unpaired) electrons. The van der Waals surface area contributed by atoms with Crippen LogP contribution in [0, 0.1) is 38.2 Å². The van der Waals surface area contributed by atoms with E-state index in [0.717, 1.165) is 22.6 Å². The topological polar surface area (TPSA) is 87.2 Å². The fourth-order valence-corrected chi connectivity index (χ4v) is 4.29. The number of para-hydroxylation sites is 1. The predicted octanol–water partition coefficient (Wildman–Crippen LogP) is 6.10. The number of benzene rings is 3. The zero-order chi connectivity index (χ0) is 27.1. The Morgan fingerprint density at radius 1 is 0.921 bits per heavy atom. The van der Waals surface area contributed by atoms with Gasteiger partial charge in [0.1, 0.15) is 29.0 Å². The molecule has 0 unspecified atom stereocenters. The second-order valence-electron chi connectivity index (χ2n) is 8.93. The number of hydrogen-bond acceptors (Lipinski definition) is 4. The van der Waals surface area contributed by atoms with E-state index in [1.165, 1.54) is 24.3 Å². The van der Waals surface area contributed by atoms with Gasteiger partial charge in [-0.05, 0) is 68.3 Å². The van der Waals surface area contributed by atoms with Crippen molar-refractivity contribution in [2.75, 3.05) is 10.2 Å². The first-order chi connectivity index (χ1) is 18.1. The monoisotopic (exact) mass is 517 g/mol. The molecule has 1 aliphatic rings. The third-order valence-corrected chi connectivity index (χ3v) is 6.27. The lowest BCUT2D eigenvalue weighted by Gasteiger charge is -2.30. The number of nitrogens with one attached hydrogen (secondary N) is 2. The fraction of sp³-hybridized carbons (Fsp3) is 0.143. The van der Waals surface area contributed by atoms with Gasteiger partial charge in [-0.25, -0.2) is 32.8 Å². The minimum absolute atomic E-state index is 0.0228. The minimum Gasteiger partial charge on any atom is -0.333 e. The molecule has 1 aliphatic heterocycles. The van der Waals surface area contributed by atoms with E-state index in [4.69, 9.17) is 0 Å². The Hall–Kier alpha value is -4.73. The van der Waals surface area contributed by atoms with Gasteiger partial charge in [0.25, 0.3) is 5.91 Å². The number of aromatic nitrogens is 2. The molecule has 5 rings (SSSR count). The fourth-order valence-electron chi connectivity index (χ4n) is 4.29. The van der Waals surface area contributed by atoms with Crippen molar-refractivity contribution >= 4 is 29.1 Å². The molecule has 3 aromatic carbocycles. The maximum Gasteiger partial charge on any atom is 0.328 e. The number of halogens is 3. The van der Waals surface area contributed by atoms with Gasteiger partial charge >= 0.3 is 6.03 Å². The Balaban J connectivity index is 1.59. The summed E-state index contributed by atoms with van der Waals surface area (Å²) in [5.41, 5.74) is 2.77. The molecule has 0 atom stereocenters. The molecule has 0 fully saturated rings. The summed E-state index contributed by atoms with van der Waals surface area (Å²) in [6.45, 7) is 5.09. The molecule has 1 aromatic heterocycles. The number of nitrogens with zero attached hydrogens (tertiary/aromatic N) is 3. The molecule has 192 valence electrons. The molecule has 0 bridgehead atoms. The standard InChI is InChI=1S/C28H22F3N5O2/c1-14-8-10-18(35-27(37)17-9-7-15(2)23(31)11-17)12-19(14)24-20-13-32-28(38)36(26(20)34-16(3)33-24)25-21(29)5-4-6-22(25)30/h4-12H,13H2,1-3H3,(H,32,38)(H,35,37). The maximum absolute atomic E-state index is 14.7. The molecule has 0 aliphatic carbocycles. The van der Waals surface area contributed by atoms with Crippen molar-refractivity contribution in [2.24, 2.45) is 0 Å². The predicted molar refractivity (Wildman–Crippen MR) is 137 cm³/mol. The third-order valence-electron chi connectivity index (χ3n) is 6.27. The van der Waals surface area contributed by atoms with Crippen LogP contribution in [0.2, 0.25) is 0 Å². The van der Waals surface area contributed by atoms with Crippen LogP contribution < -0.4 is 15.5 Å². The first-order valence-corrected chi connectivity index (χ1v) is 11.7. The van der Waals surface area contributed by atoms with Crippen molar-refractivity contribution < 1.29 is 22.8 Å². The Morgan fingerprint density at radius 3 is 2.34 bits per heavy atom. The number of carbonyl (C=O) groups is 2. The second-order valence-corrected chi connectivity index (χ2v) is 8.93. The lowest BCUT2D eigenvalue weighted by atomic mass is 9.99. The SMILES string of the molecule is Cc1nc(-c2cc(NC(=O)c3ccc(C)c(F)c3)ccc2C)c2c(n1)N(c1c(F)cccc1F)C(=O)NC2. The Bertz CT molecular complexity index is 1600. The highest BCUT2D eigenvalue weighted by Gasteiger charge is 2.33. The van der Waals surface area contributed by atoms with E-state index in [1.54, 1.807) is 32.0 Å². The van der Waals surface area contributed by atoms with Crippen molar-refractivity contribution in [1.29, 1.82) is 0 Å². The van der Waals surface area contributed by atoms with Crippen LogP contribution >= 0.6 is 0 Å². The van der Waals surface area contributed by atoms with Crippen LogP contribution in [-0.2, 0) is 6.54 Å². The Kier molecular flexibility index (Phi) is 6.31. The van der Waals surface area contributed by atoms with Crippen LogP contribution in [0.15, 0.2) is 54.6 Å². The summed E-state index contributed by atoms with van der Waals surface area (Å²) >= 11 is 0. The van der Waals surface area contributed by atoms with Crippen LogP contribution in [0.5, 0.6) is 0 Å². The van der Waals surface area contributed by atoms with Gasteiger partial charge in [0.05, 0.1) is 12.2 Å². The molecule has 0 saturated carbocycles. The molecule has 4 aromatic rings. The zero-order valence-corrected chi connectivity index (χ0v) is 20.7. The van der Waals surface area contributed by atoms with Gasteiger partial charge in [-0.2, -0.15) is 0 Å². The van der Waals surface area contributed by atoms with Crippen molar-refractivity contribution in [2.45, 2.75) is 27.3 Å². The number of rotatable bonds is 4. The second kappa shape index (κ2) is 9.62. The van der Waals surface area contributed by atoms with Gasteiger partial charge in [0.15, 0.2) is 5.82 Å². The summed E-state index contributed by atoms with van der Waals surface area (Å²) in [5.74, 6) is -2.47. The van der Waals surface area contributed by atoms with Crippen molar-refractivity contribution in [3.05, 3.63) is 100 Å². The number of fused-ring (bicyclic) bond motifs is 1. The lowest BCUT2D eigenvalue weighted by Crippen LogP contribution is -2.43. The number of anilines is 3. The number of carbonyl (C=O) groups excluding carboxylic acids is 2. The van der Waals surface area contributed by atoms with E-state index in [1.807, 2.05) is 6.92 Å². The molecule has 2 N–H and O–H groups in total. The van der Waals surface area contributed by atoms with Crippen LogP contribution in [0.3, 0.4) is 0 Å². The average Bonchev–Trinajstić information content (AvgIpc) is 2.87. The van der Waals surface area contributed by atoms with Gasteiger partial charge in [0, 0.05) is 22.4 Å². The largest absolute Gasteiger partial charge is 0.333 e. The molecule has 38 heavy (non-hydrogen) atoms. The summed E-state index contributed by atoms with van der Waals surface area (Å²) in [4.78, 5) is 35.4. The number of hydrogen-bond donors (Lipinski definition) is 2. The molecule has 2 heterocycles. The van der Waals surface area contributed by atoms with E-state index in [-0.39, 0.29) is 23.8 Å². The number of aryl methyl sites for hydroxylation is 3. The highest BCUT2D eigenvalue weighted by Crippen LogP contribution is 2.38. The summed E-state index contributed by atoms with van der Waals surface area (Å²) in [6, 6.07) is 12.0. The molecule has 7 nitrogen and oxygen atoms in total. The normalized spacial score (nSPS) is 12.7. The van der Waals surface area contributed by atoms with Crippen LogP contribution in [-0.4, -0.2) is 21.9 Å². The number of amides is 3. The minimum atomic E-state index is -0.917. The van der Waals surface area contributed by atoms with Crippen molar-refractivity contribution in [3.8, 4) is 11.3 Å². The molecular formula is C28H22F3N5O2. The van der Waals surface area contributed by atoms with Crippen molar-refractivity contribution in [1.82, 2.24) is 15.3 Å². The Morgan fingerprint density at radius 2 is 1.63 bits per heavy atom.